The summed E-state index contributed by atoms with van der Waals surface area (Å²) in [6.45, 7) is 6.51. The van der Waals surface area contributed by atoms with Crippen LogP contribution in [0.25, 0.3) is 0 Å². The second-order valence-corrected chi connectivity index (χ2v) is 4.56. The van der Waals surface area contributed by atoms with Crippen molar-refractivity contribution in [2.24, 2.45) is 0 Å². The van der Waals surface area contributed by atoms with Crippen molar-refractivity contribution in [3.63, 3.8) is 0 Å². The molecule has 19 heavy (non-hydrogen) atoms. The average Bonchev–Trinajstić information content (AvgIpc) is 2.39. The number of rotatable bonds is 5. The molecule has 1 saturated heterocycles. The maximum Gasteiger partial charge on any atom is 0.273 e. The summed E-state index contributed by atoms with van der Waals surface area (Å²) in [6, 6.07) is 4.81. The number of nitro groups is 1. The van der Waals surface area contributed by atoms with Crippen molar-refractivity contribution in [3.8, 4) is 5.75 Å². The highest BCUT2D eigenvalue weighted by Crippen LogP contribution is 2.22. The number of morpholine rings is 1. The average molecular weight is 266 g/mol. The predicted molar refractivity (Wildman–Crippen MR) is 70.6 cm³/mol. The lowest BCUT2D eigenvalue weighted by Gasteiger charge is -2.26. The molecule has 0 saturated carbocycles. The van der Waals surface area contributed by atoms with Gasteiger partial charge in [0.05, 0.1) is 24.2 Å². The van der Waals surface area contributed by atoms with Crippen molar-refractivity contribution in [2.45, 2.75) is 6.92 Å². The van der Waals surface area contributed by atoms with Gasteiger partial charge in [-0.25, -0.2) is 0 Å². The van der Waals surface area contributed by atoms with Crippen LogP contribution in [0.5, 0.6) is 5.75 Å². The smallest absolute Gasteiger partial charge is 0.273 e. The lowest BCUT2D eigenvalue weighted by molar-refractivity contribution is -0.385. The first-order valence-electron chi connectivity index (χ1n) is 6.34. The van der Waals surface area contributed by atoms with Crippen LogP contribution in [0.1, 0.15) is 5.56 Å². The fourth-order valence-electron chi connectivity index (χ4n) is 2.03. The molecular weight excluding hydrogens is 248 g/mol. The number of benzene rings is 1. The molecule has 2 rings (SSSR count). The van der Waals surface area contributed by atoms with E-state index in [1.807, 2.05) is 13.0 Å². The maximum absolute atomic E-state index is 10.8. The fraction of sp³-hybridized carbons (Fsp3) is 0.538. The molecule has 0 aromatic heterocycles. The molecular formula is C13H18N2O4. The zero-order chi connectivity index (χ0) is 13.7. The first-order valence-corrected chi connectivity index (χ1v) is 6.34. The first-order chi connectivity index (χ1) is 9.15. The van der Waals surface area contributed by atoms with Gasteiger partial charge in [0.1, 0.15) is 12.4 Å². The number of ether oxygens (including phenoxy) is 2. The molecule has 104 valence electrons. The second-order valence-electron chi connectivity index (χ2n) is 4.56. The van der Waals surface area contributed by atoms with Crippen molar-refractivity contribution in [1.82, 2.24) is 4.90 Å². The van der Waals surface area contributed by atoms with Crippen LogP contribution in [-0.4, -0.2) is 49.3 Å². The molecule has 0 spiro atoms. The molecule has 0 N–H and O–H groups in total. The van der Waals surface area contributed by atoms with E-state index in [0.717, 1.165) is 38.4 Å². The Kier molecular flexibility index (Phi) is 4.70. The van der Waals surface area contributed by atoms with E-state index in [4.69, 9.17) is 9.47 Å². The number of hydrogen-bond acceptors (Lipinski definition) is 5. The van der Waals surface area contributed by atoms with Crippen LogP contribution in [0.2, 0.25) is 0 Å². The third-order valence-electron chi connectivity index (χ3n) is 3.03. The van der Waals surface area contributed by atoms with Crippen molar-refractivity contribution >= 4 is 5.69 Å². The zero-order valence-corrected chi connectivity index (χ0v) is 11.0. The molecule has 1 fully saturated rings. The molecule has 0 radical (unpaired) electrons. The summed E-state index contributed by atoms with van der Waals surface area (Å²) in [4.78, 5) is 12.6. The van der Waals surface area contributed by atoms with E-state index in [0.29, 0.717) is 12.4 Å². The van der Waals surface area contributed by atoms with Crippen LogP contribution in [0, 0.1) is 17.0 Å². The minimum Gasteiger partial charge on any atom is -0.492 e. The quantitative estimate of drug-likeness (QED) is 0.598. The van der Waals surface area contributed by atoms with Gasteiger partial charge in [-0.15, -0.1) is 0 Å². The Bertz CT molecular complexity index is 444. The molecule has 1 aromatic rings. The molecule has 0 unspecified atom stereocenters. The fourth-order valence-corrected chi connectivity index (χ4v) is 2.03. The van der Waals surface area contributed by atoms with Crippen molar-refractivity contribution in [2.75, 3.05) is 39.5 Å². The summed E-state index contributed by atoms with van der Waals surface area (Å²) in [5.74, 6) is 0.556. The monoisotopic (exact) mass is 266 g/mol. The van der Waals surface area contributed by atoms with Gasteiger partial charge in [-0.2, -0.15) is 0 Å². The third kappa shape index (κ3) is 4.18. The first kappa shape index (κ1) is 13.8. The van der Waals surface area contributed by atoms with Gasteiger partial charge in [0, 0.05) is 25.7 Å². The highest BCUT2D eigenvalue weighted by atomic mass is 16.6. The van der Waals surface area contributed by atoms with Gasteiger partial charge >= 0.3 is 0 Å². The number of nitrogens with zero attached hydrogens (tertiary/aromatic N) is 2. The standard InChI is InChI=1S/C13H18N2O4/c1-11-8-12(15(16)17)10-13(9-11)19-7-4-14-2-5-18-6-3-14/h8-10H,2-7H2,1H3. The van der Waals surface area contributed by atoms with Gasteiger partial charge in [-0.05, 0) is 18.6 Å². The SMILES string of the molecule is Cc1cc(OCCN2CCOCC2)cc([N+](=O)[O-])c1. The summed E-state index contributed by atoms with van der Waals surface area (Å²) < 4.78 is 10.9. The highest BCUT2D eigenvalue weighted by Gasteiger charge is 2.11. The summed E-state index contributed by atoms with van der Waals surface area (Å²) in [6.07, 6.45) is 0. The van der Waals surface area contributed by atoms with E-state index in [1.165, 1.54) is 12.1 Å². The molecule has 1 aliphatic heterocycles. The van der Waals surface area contributed by atoms with Crippen molar-refractivity contribution < 1.29 is 14.4 Å². The largest absolute Gasteiger partial charge is 0.492 e. The normalized spacial score (nSPS) is 16.3. The van der Waals surface area contributed by atoms with E-state index < -0.39 is 4.92 Å². The number of hydrogen-bond donors (Lipinski definition) is 0. The van der Waals surface area contributed by atoms with E-state index in [9.17, 15) is 10.1 Å². The van der Waals surface area contributed by atoms with Crippen molar-refractivity contribution in [1.29, 1.82) is 0 Å². The van der Waals surface area contributed by atoms with Gasteiger partial charge in [0.15, 0.2) is 0 Å². The van der Waals surface area contributed by atoms with Crippen molar-refractivity contribution in [3.05, 3.63) is 33.9 Å². The van der Waals surface area contributed by atoms with Gasteiger partial charge in [0.2, 0.25) is 0 Å². The van der Waals surface area contributed by atoms with Gasteiger partial charge in [-0.3, -0.25) is 15.0 Å². The van der Waals surface area contributed by atoms with Crippen LogP contribution in [0.4, 0.5) is 5.69 Å². The van der Waals surface area contributed by atoms with E-state index in [-0.39, 0.29) is 5.69 Å². The minimum absolute atomic E-state index is 0.0707. The van der Waals surface area contributed by atoms with E-state index in [1.54, 1.807) is 0 Å². The summed E-state index contributed by atoms with van der Waals surface area (Å²) in [7, 11) is 0. The Balaban J connectivity index is 1.86. The lowest BCUT2D eigenvalue weighted by Crippen LogP contribution is -2.38. The molecule has 1 heterocycles. The molecule has 6 heteroatoms. The van der Waals surface area contributed by atoms with E-state index in [2.05, 4.69) is 4.90 Å². The Hall–Kier alpha value is -1.66. The third-order valence-corrected chi connectivity index (χ3v) is 3.03. The van der Waals surface area contributed by atoms with Gasteiger partial charge in [0.25, 0.3) is 5.69 Å². The molecule has 0 amide bonds. The molecule has 6 nitrogen and oxygen atoms in total. The van der Waals surface area contributed by atoms with Crippen LogP contribution in [0.15, 0.2) is 18.2 Å². The topological polar surface area (TPSA) is 64.8 Å². The number of aryl methyl sites for hydroxylation is 1. The Labute approximate surface area is 112 Å². The lowest BCUT2D eigenvalue weighted by atomic mass is 10.2. The van der Waals surface area contributed by atoms with Crippen LogP contribution in [0.3, 0.4) is 0 Å². The van der Waals surface area contributed by atoms with Gasteiger partial charge < -0.3 is 9.47 Å². The molecule has 0 atom stereocenters. The highest BCUT2D eigenvalue weighted by molar-refractivity contribution is 5.42. The minimum atomic E-state index is -0.401. The summed E-state index contributed by atoms with van der Waals surface area (Å²) in [5, 5.41) is 10.8. The summed E-state index contributed by atoms with van der Waals surface area (Å²) >= 11 is 0. The second kappa shape index (κ2) is 6.49. The number of non-ortho nitro benzene ring substituents is 1. The summed E-state index contributed by atoms with van der Waals surface area (Å²) in [5.41, 5.74) is 0.900. The Morgan fingerprint density at radius 2 is 2.11 bits per heavy atom. The van der Waals surface area contributed by atoms with Crippen LogP contribution < -0.4 is 4.74 Å². The Morgan fingerprint density at radius 3 is 2.79 bits per heavy atom. The predicted octanol–water partition coefficient (Wildman–Crippen LogP) is 1.61. The molecule has 0 bridgehead atoms. The van der Waals surface area contributed by atoms with Gasteiger partial charge in [-0.1, -0.05) is 0 Å². The molecule has 1 aromatic carbocycles. The number of nitro benzene ring substituents is 1. The Morgan fingerprint density at radius 1 is 1.37 bits per heavy atom. The molecule has 0 aliphatic carbocycles. The van der Waals surface area contributed by atoms with Crippen LogP contribution in [-0.2, 0) is 4.74 Å². The van der Waals surface area contributed by atoms with Crippen LogP contribution >= 0.6 is 0 Å². The zero-order valence-electron chi connectivity index (χ0n) is 11.0. The maximum atomic E-state index is 10.8. The molecule has 1 aliphatic rings. The van der Waals surface area contributed by atoms with E-state index >= 15 is 0 Å².